The molecule has 0 saturated carbocycles. The van der Waals surface area contributed by atoms with Crippen LogP contribution in [0.2, 0.25) is 0 Å². The number of rotatable bonds is 5. The van der Waals surface area contributed by atoms with E-state index in [9.17, 15) is 25.6 Å². The van der Waals surface area contributed by atoms with Crippen LogP contribution in [0.5, 0.6) is 0 Å². The van der Waals surface area contributed by atoms with Crippen LogP contribution in [-0.4, -0.2) is 62.1 Å². The number of aromatic nitrogens is 4. The van der Waals surface area contributed by atoms with E-state index in [1.54, 1.807) is 30.6 Å². The zero-order chi connectivity index (χ0) is 37.1. The predicted molar refractivity (Wildman–Crippen MR) is 200 cm³/mol. The lowest BCUT2D eigenvalue weighted by molar-refractivity contribution is 0.0552. The van der Waals surface area contributed by atoms with Gasteiger partial charge in [-0.05, 0) is 105 Å². The Morgan fingerprint density at radius 2 is 1.37 bits per heavy atom. The number of pyridine rings is 2. The number of halogens is 5. The van der Waals surface area contributed by atoms with Crippen molar-refractivity contribution in [2.24, 2.45) is 5.92 Å². The molecule has 16 heteroatoms. The molecule has 5 heterocycles. The molecule has 3 aromatic carbocycles. The van der Waals surface area contributed by atoms with Gasteiger partial charge in [0, 0.05) is 47.1 Å². The summed E-state index contributed by atoms with van der Waals surface area (Å²) in [5.41, 5.74) is 3.33. The molecule has 0 radical (unpaired) electrons. The van der Waals surface area contributed by atoms with E-state index < -0.39 is 31.3 Å². The minimum Gasteiger partial charge on any atom is -0.381 e. The van der Waals surface area contributed by atoms with Gasteiger partial charge in [0.2, 0.25) is 0 Å². The van der Waals surface area contributed by atoms with E-state index >= 15 is 4.39 Å². The number of fused-ring (bicyclic) bond motifs is 6. The molecule has 8 rings (SSSR count). The van der Waals surface area contributed by atoms with Gasteiger partial charge in [0.05, 0.1) is 59.7 Å². The fourth-order valence-electron chi connectivity index (χ4n) is 6.94. The monoisotopic (exact) mass is 876 g/mol. The van der Waals surface area contributed by atoms with E-state index in [0.29, 0.717) is 39.8 Å². The minimum absolute atomic E-state index is 0.0344. The second-order valence-electron chi connectivity index (χ2n) is 12.6. The number of hydrogen-bond acceptors (Lipinski definition) is 7. The molecule has 1 aliphatic heterocycles. The Morgan fingerprint density at radius 1 is 0.788 bits per heavy atom. The van der Waals surface area contributed by atoms with Crippen molar-refractivity contribution in [1.29, 1.82) is 0 Å². The van der Waals surface area contributed by atoms with Crippen LogP contribution >= 0.6 is 31.9 Å². The standard InChI is InChI=1S/C24H21BrF2N2O3S.C12H8BrFN2O2S/c1-33(30,31)20-7-6-18(27)21-22-19(12-16(25)13-28-22)29(24(20)21)23(15-8-10-32-11-9-15)14-2-4-17(26)5-3-14;1-19(17,18)9-3-2-7(14)10-11-8(16-12(9)10)4-6(13)5-15-11/h2-7,12-13,15,23H,8-11H2,1H3;2-5,16H,1H3/t23-;/m1./s1. The number of hydrogen-bond donors (Lipinski definition) is 1. The Morgan fingerprint density at radius 3 is 2.00 bits per heavy atom. The molecule has 1 N–H and O–H groups in total. The molecule has 0 unspecified atom stereocenters. The molecule has 1 atom stereocenters. The summed E-state index contributed by atoms with van der Waals surface area (Å²) in [6.07, 6.45) is 6.78. The van der Waals surface area contributed by atoms with Crippen LogP contribution in [0.1, 0.15) is 24.4 Å². The quantitative estimate of drug-likeness (QED) is 0.172. The smallest absolute Gasteiger partial charge is 0.177 e. The fraction of sp³-hybridized carbons (Fsp3) is 0.222. The van der Waals surface area contributed by atoms with E-state index in [1.807, 2.05) is 10.6 Å². The summed E-state index contributed by atoms with van der Waals surface area (Å²) in [6, 6.07) is 14.3. The van der Waals surface area contributed by atoms with Crippen molar-refractivity contribution >= 4 is 95.4 Å². The van der Waals surface area contributed by atoms with Crippen LogP contribution in [0, 0.1) is 23.4 Å². The van der Waals surface area contributed by atoms with Crippen LogP contribution < -0.4 is 0 Å². The summed E-state index contributed by atoms with van der Waals surface area (Å²) in [7, 11) is -7.13. The SMILES string of the molecule is CS(=O)(=O)c1ccc(F)c2c1[nH]c1cc(Br)cnc12.CS(=O)(=O)c1ccc(F)c2c3ncc(Br)cc3n([C@H](c3ccc(F)cc3)C3CCOCC3)c12. The number of H-pyrrole nitrogens is 1. The van der Waals surface area contributed by atoms with Gasteiger partial charge in [0.1, 0.15) is 17.5 Å². The highest BCUT2D eigenvalue weighted by atomic mass is 79.9. The minimum atomic E-state index is -3.69. The van der Waals surface area contributed by atoms with Crippen LogP contribution in [-0.2, 0) is 24.4 Å². The van der Waals surface area contributed by atoms with E-state index in [1.165, 1.54) is 30.3 Å². The Labute approximate surface area is 313 Å². The van der Waals surface area contributed by atoms with Crippen LogP contribution in [0.25, 0.3) is 43.9 Å². The van der Waals surface area contributed by atoms with Crippen molar-refractivity contribution in [3.05, 3.63) is 105 Å². The molecule has 0 bridgehead atoms. The molecule has 1 aliphatic rings. The van der Waals surface area contributed by atoms with E-state index in [0.717, 1.165) is 41.5 Å². The lowest BCUT2D eigenvalue weighted by Gasteiger charge is -2.33. The molecule has 0 spiro atoms. The first-order valence-electron chi connectivity index (χ1n) is 15.9. The highest BCUT2D eigenvalue weighted by Crippen LogP contribution is 2.43. The van der Waals surface area contributed by atoms with Crippen molar-refractivity contribution in [2.45, 2.75) is 28.7 Å². The van der Waals surface area contributed by atoms with Gasteiger partial charge in [-0.25, -0.2) is 30.0 Å². The van der Waals surface area contributed by atoms with Gasteiger partial charge in [-0.1, -0.05) is 12.1 Å². The van der Waals surface area contributed by atoms with Gasteiger partial charge in [0.15, 0.2) is 19.7 Å². The summed E-state index contributed by atoms with van der Waals surface area (Å²) in [4.78, 5) is 11.6. The highest BCUT2D eigenvalue weighted by Gasteiger charge is 2.33. The molecule has 1 saturated heterocycles. The number of nitrogens with zero attached hydrogens (tertiary/aromatic N) is 3. The maximum Gasteiger partial charge on any atom is 0.177 e. The summed E-state index contributed by atoms with van der Waals surface area (Å²) in [5, 5.41) is 0.366. The van der Waals surface area contributed by atoms with Crippen LogP contribution in [0.15, 0.2) is 91.8 Å². The van der Waals surface area contributed by atoms with E-state index in [-0.39, 0.29) is 49.4 Å². The molecule has 0 amide bonds. The third-order valence-corrected chi connectivity index (χ3v) is 12.3. The van der Waals surface area contributed by atoms with Crippen LogP contribution in [0.4, 0.5) is 13.2 Å². The summed E-state index contributed by atoms with van der Waals surface area (Å²) >= 11 is 6.73. The van der Waals surface area contributed by atoms with Crippen molar-refractivity contribution in [3.8, 4) is 0 Å². The van der Waals surface area contributed by atoms with Gasteiger partial charge >= 0.3 is 0 Å². The molecule has 4 aromatic heterocycles. The lowest BCUT2D eigenvalue weighted by Crippen LogP contribution is -2.27. The number of sulfone groups is 2. The second-order valence-corrected chi connectivity index (χ2v) is 18.4. The molecule has 9 nitrogen and oxygen atoms in total. The number of benzene rings is 3. The number of aromatic amines is 1. The summed E-state index contributed by atoms with van der Waals surface area (Å²) < 4.78 is 101. The maximum absolute atomic E-state index is 15.2. The van der Waals surface area contributed by atoms with Crippen molar-refractivity contribution in [3.63, 3.8) is 0 Å². The molecular formula is C36H29Br2F3N4O5S2. The molecule has 270 valence electrons. The highest BCUT2D eigenvalue weighted by molar-refractivity contribution is 9.10. The zero-order valence-electron chi connectivity index (χ0n) is 27.5. The number of ether oxygens (including phenoxy) is 1. The third kappa shape index (κ3) is 6.75. The second kappa shape index (κ2) is 13.9. The average Bonchev–Trinajstić information content (AvgIpc) is 3.62. The molecule has 1 fully saturated rings. The van der Waals surface area contributed by atoms with Gasteiger partial charge in [-0.3, -0.25) is 9.97 Å². The lowest BCUT2D eigenvalue weighted by atomic mass is 9.86. The van der Waals surface area contributed by atoms with Gasteiger partial charge < -0.3 is 14.3 Å². The Bertz CT molecular complexity index is 2750. The largest absolute Gasteiger partial charge is 0.381 e. The predicted octanol–water partition coefficient (Wildman–Crippen LogP) is 8.67. The Kier molecular flexibility index (Phi) is 9.74. The van der Waals surface area contributed by atoms with Gasteiger partial charge in [-0.2, -0.15) is 0 Å². The van der Waals surface area contributed by atoms with Gasteiger partial charge in [-0.15, -0.1) is 0 Å². The third-order valence-electron chi connectivity index (χ3n) is 9.13. The first kappa shape index (κ1) is 36.5. The van der Waals surface area contributed by atoms with Crippen molar-refractivity contribution < 1.29 is 34.7 Å². The van der Waals surface area contributed by atoms with Gasteiger partial charge in [0.25, 0.3) is 0 Å². The molecule has 52 heavy (non-hydrogen) atoms. The Balaban J connectivity index is 0.000000187. The Hall–Kier alpha value is -3.83. The first-order chi connectivity index (χ1) is 24.6. The summed E-state index contributed by atoms with van der Waals surface area (Å²) in [5.74, 6) is -1.33. The van der Waals surface area contributed by atoms with Crippen molar-refractivity contribution in [1.82, 2.24) is 19.5 Å². The topological polar surface area (TPSA) is 124 Å². The zero-order valence-corrected chi connectivity index (χ0v) is 32.3. The number of nitrogens with one attached hydrogen (secondary N) is 1. The maximum atomic E-state index is 15.2. The first-order valence-corrected chi connectivity index (χ1v) is 21.3. The average molecular weight is 879 g/mol. The van der Waals surface area contributed by atoms with E-state index in [4.69, 9.17) is 4.74 Å². The normalized spacial score (nSPS) is 15.0. The molecular weight excluding hydrogens is 849 g/mol. The van der Waals surface area contributed by atoms with Crippen LogP contribution in [0.3, 0.4) is 0 Å². The summed E-state index contributed by atoms with van der Waals surface area (Å²) in [6.45, 7) is 1.13. The fourth-order valence-corrected chi connectivity index (χ4v) is 9.30. The van der Waals surface area contributed by atoms with Crippen molar-refractivity contribution in [2.75, 3.05) is 25.7 Å². The molecule has 7 aromatic rings. The van der Waals surface area contributed by atoms with E-state index in [2.05, 4.69) is 46.8 Å². The molecule has 0 aliphatic carbocycles.